The summed E-state index contributed by atoms with van der Waals surface area (Å²) in [6.07, 6.45) is 0. The van der Waals surface area contributed by atoms with Gasteiger partial charge in [-0.3, -0.25) is 9.59 Å². The molecule has 0 aliphatic carbocycles. The van der Waals surface area contributed by atoms with Crippen molar-refractivity contribution in [3.8, 4) is 0 Å². The summed E-state index contributed by atoms with van der Waals surface area (Å²) in [6.45, 7) is 1.71. The van der Waals surface area contributed by atoms with Gasteiger partial charge in [0.15, 0.2) is 0 Å². The molecule has 0 radical (unpaired) electrons. The van der Waals surface area contributed by atoms with Gasteiger partial charge in [-0.05, 0) is 43.3 Å². The average molecular weight is 366 g/mol. The van der Waals surface area contributed by atoms with Crippen molar-refractivity contribution in [3.05, 3.63) is 58.1 Å². The monoisotopic (exact) mass is 365 g/mol. The highest BCUT2D eigenvalue weighted by Crippen LogP contribution is 2.25. The fourth-order valence-electron chi connectivity index (χ4n) is 2.04. The first-order chi connectivity index (χ1) is 11.4. The van der Waals surface area contributed by atoms with Crippen LogP contribution >= 0.6 is 23.2 Å². The number of hydrogen-bond acceptors (Lipinski definition) is 3. The van der Waals surface area contributed by atoms with Crippen LogP contribution in [0.5, 0.6) is 0 Å². The van der Waals surface area contributed by atoms with Crippen LogP contribution in [0.3, 0.4) is 0 Å². The van der Waals surface area contributed by atoms with Crippen LogP contribution in [0.25, 0.3) is 0 Å². The van der Waals surface area contributed by atoms with Gasteiger partial charge in [0.1, 0.15) is 6.04 Å². The molecule has 0 bridgehead atoms. The zero-order valence-corrected chi connectivity index (χ0v) is 14.7. The first-order valence-electron chi connectivity index (χ1n) is 7.25. The Morgan fingerprint density at radius 1 is 1.08 bits per heavy atom. The number of carbonyl (C=O) groups excluding carboxylic acids is 2. The maximum absolute atomic E-state index is 12.3. The molecule has 2 aromatic rings. The second-order valence-corrected chi connectivity index (χ2v) is 5.98. The summed E-state index contributed by atoms with van der Waals surface area (Å²) in [5.74, 6) is -0.451. The van der Waals surface area contributed by atoms with Crippen LogP contribution in [0.15, 0.2) is 42.5 Å². The van der Waals surface area contributed by atoms with E-state index in [1.54, 1.807) is 56.4 Å². The van der Waals surface area contributed by atoms with Gasteiger partial charge >= 0.3 is 0 Å². The Morgan fingerprint density at radius 3 is 2.50 bits per heavy atom. The van der Waals surface area contributed by atoms with Gasteiger partial charge in [-0.25, -0.2) is 0 Å². The van der Waals surface area contributed by atoms with Crippen LogP contribution in [0.1, 0.15) is 17.3 Å². The average Bonchev–Trinajstić information content (AvgIpc) is 2.56. The van der Waals surface area contributed by atoms with Crippen molar-refractivity contribution in [2.45, 2.75) is 13.0 Å². The molecule has 1 atom stereocenters. The quantitative estimate of drug-likeness (QED) is 0.754. The standard InChI is InChI=1S/C17H17Cl2N3O2/c1-10(16(23)22-15-7-6-12(18)9-14(15)19)21-13-5-3-4-11(8-13)17(24)20-2/h3-10,21H,1-2H3,(H,20,24)(H,22,23). The highest BCUT2D eigenvalue weighted by molar-refractivity contribution is 6.36. The van der Waals surface area contributed by atoms with Crippen LogP contribution in [-0.2, 0) is 4.79 Å². The Balaban J connectivity index is 2.05. The summed E-state index contributed by atoms with van der Waals surface area (Å²) in [5.41, 5.74) is 1.66. The van der Waals surface area contributed by atoms with Crippen LogP contribution in [-0.4, -0.2) is 24.9 Å². The number of benzene rings is 2. The molecule has 0 aliphatic rings. The molecule has 2 rings (SSSR count). The molecule has 0 spiro atoms. The van der Waals surface area contributed by atoms with Gasteiger partial charge in [-0.15, -0.1) is 0 Å². The third kappa shape index (κ3) is 4.63. The van der Waals surface area contributed by atoms with Crippen molar-refractivity contribution >= 4 is 46.4 Å². The summed E-state index contributed by atoms with van der Waals surface area (Å²) < 4.78 is 0. The van der Waals surface area contributed by atoms with Crippen molar-refractivity contribution in [3.63, 3.8) is 0 Å². The molecule has 0 saturated heterocycles. The maximum Gasteiger partial charge on any atom is 0.251 e. The van der Waals surface area contributed by atoms with E-state index in [4.69, 9.17) is 23.2 Å². The van der Waals surface area contributed by atoms with Crippen LogP contribution in [0.4, 0.5) is 11.4 Å². The van der Waals surface area contributed by atoms with E-state index in [0.717, 1.165) is 0 Å². The van der Waals surface area contributed by atoms with E-state index < -0.39 is 6.04 Å². The fourth-order valence-corrected chi connectivity index (χ4v) is 2.50. The van der Waals surface area contributed by atoms with Crippen LogP contribution < -0.4 is 16.0 Å². The third-order valence-corrected chi connectivity index (χ3v) is 3.87. The second kappa shape index (κ2) is 8.04. The minimum atomic E-state index is -0.531. The molecule has 0 heterocycles. The van der Waals surface area contributed by atoms with Crippen LogP contribution in [0.2, 0.25) is 10.0 Å². The lowest BCUT2D eigenvalue weighted by molar-refractivity contribution is -0.116. The van der Waals surface area contributed by atoms with E-state index in [1.807, 2.05) is 0 Å². The van der Waals surface area contributed by atoms with Gasteiger partial charge < -0.3 is 16.0 Å². The van der Waals surface area contributed by atoms with Crippen molar-refractivity contribution in [1.82, 2.24) is 5.32 Å². The van der Waals surface area contributed by atoms with E-state index in [0.29, 0.717) is 27.0 Å². The minimum absolute atomic E-state index is 0.191. The SMILES string of the molecule is CNC(=O)c1cccc(NC(C)C(=O)Nc2ccc(Cl)cc2Cl)c1. The van der Waals surface area contributed by atoms with Gasteiger partial charge in [0.25, 0.3) is 5.91 Å². The van der Waals surface area contributed by atoms with E-state index >= 15 is 0 Å². The largest absolute Gasteiger partial charge is 0.374 e. The predicted molar refractivity (Wildman–Crippen MR) is 98.0 cm³/mol. The van der Waals surface area contributed by atoms with E-state index in [2.05, 4.69) is 16.0 Å². The van der Waals surface area contributed by atoms with Crippen molar-refractivity contribution in [2.24, 2.45) is 0 Å². The Morgan fingerprint density at radius 2 is 1.83 bits per heavy atom. The van der Waals surface area contributed by atoms with Crippen molar-refractivity contribution in [2.75, 3.05) is 17.7 Å². The second-order valence-electron chi connectivity index (χ2n) is 5.14. The highest BCUT2D eigenvalue weighted by atomic mass is 35.5. The molecule has 0 aromatic heterocycles. The summed E-state index contributed by atoms with van der Waals surface area (Å²) in [5, 5.41) is 9.20. The molecule has 5 nitrogen and oxygen atoms in total. The first kappa shape index (κ1) is 18.1. The molecular weight excluding hydrogens is 349 g/mol. The Kier molecular flexibility index (Phi) is 6.06. The molecular formula is C17H17Cl2N3O2. The number of carbonyl (C=O) groups is 2. The molecule has 24 heavy (non-hydrogen) atoms. The van der Waals surface area contributed by atoms with E-state index in [1.165, 1.54) is 0 Å². The summed E-state index contributed by atoms with van der Waals surface area (Å²) in [4.78, 5) is 23.9. The Bertz CT molecular complexity index is 765. The van der Waals surface area contributed by atoms with E-state index in [9.17, 15) is 9.59 Å². The first-order valence-corrected chi connectivity index (χ1v) is 8.01. The zero-order chi connectivity index (χ0) is 17.7. The van der Waals surface area contributed by atoms with Gasteiger partial charge in [0, 0.05) is 23.3 Å². The molecule has 0 fully saturated rings. The van der Waals surface area contributed by atoms with Gasteiger partial charge in [0.2, 0.25) is 5.91 Å². The Labute approximate surface area is 150 Å². The van der Waals surface area contributed by atoms with Crippen molar-refractivity contribution < 1.29 is 9.59 Å². The lowest BCUT2D eigenvalue weighted by Crippen LogP contribution is -2.32. The van der Waals surface area contributed by atoms with Gasteiger partial charge in [-0.1, -0.05) is 29.3 Å². The predicted octanol–water partition coefficient (Wildman–Crippen LogP) is 3.79. The topological polar surface area (TPSA) is 70.2 Å². The smallest absolute Gasteiger partial charge is 0.251 e. The number of anilines is 2. The molecule has 0 aliphatic heterocycles. The molecule has 2 amide bonds. The number of hydrogen-bond donors (Lipinski definition) is 3. The summed E-state index contributed by atoms with van der Waals surface area (Å²) >= 11 is 11.9. The number of nitrogens with one attached hydrogen (secondary N) is 3. The van der Waals surface area contributed by atoms with Gasteiger partial charge in [-0.2, -0.15) is 0 Å². The molecule has 3 N–H and O–H groups in total. The van der Waals surface area contributed by atoms with E-state index in [-0.39, 0.29) is 11.8 Å². The summed E-state index contributed by atoms with van der Waals surface area (Å²) in [6, 6.07) is 11.2. The molecule has 2 aromatic carbocycles. The fraction of sp³-hybridized carbons (Fsp3) is 0.176. The number of rotatable bonds is 5. The molecule has 7 heteroatoms. The normalized spacial score (nSPS) is 11.5. The summed E-state index contributed by atoms with van der Waals surface area (Å²) in [7, 11) is 1.56. The van der Waals surface area contributed by atoms with Gasteiger partial charge in [0.05, 0.1) is 10.7 Å². The third-order valence-electron chi connectivity index (χ3n) is 3.32. The van der Waals surface area contributed by atoms with Crippen molar-refractivity contribution in [1.29, 1.82) is 0 Å². The Hall–Kier alpha value is -2.24. The maximum atomic E-state index is 12.3. The molecule has 1 unspecified atom stereocenters. The zero-order valence-electron chi connectivity index (χ0n) is 13.2. The highest BCUT2D eigenvalue weighted by Gasteiger charge is 2.15. The number of amides is 2. The number of halogens is 2. The molecule has 126 valence electrons. The lowest BCUT2D eigenvalue weighted by atomic mass is 10.1. The van der Waals surface area contributed by atoms with Crippen LogP contribution in [0, 0.1) is 0 Å². The minimum Gasteiger partial charge on any atom is -0.374 e. The lowest BCUT2D eigenvalue weighted by Gasteiger charge is -2.16. The molecule has 0 saturated carbocycles.